The number of carbonyl (C=O) groups excluding carboxylic acids is 3. The van der Waals surface area contributed by atoms with Gasteiger partial charge in [-0.25, -0.2) is 0 Å². The van der Waals surface area contributed by atoms with Gasteiger partial charge in [-0.3, -0.25) is 0 Å². The molecule has 0 aliphatic rings. The van der Waals surface area contributed by atoms with E-state index >= 15 is 0 Å². The van der Waals surface area contributed by atoms with Gasteiger partial charge in [0.1, 0.15) is 0 Å². The van der Waals surface area contributed by atoms with Crippen LogP contribution in [0.4, 0.5) is 0 Å². The Balaban J connectivity index is 0.000000473. The van der Waals surface area contributed by atoms with Gasteiger partial charge >= 0.3 is 17.4 Å². The van der Waals surface area contributed by atoms with Crippen molar-refractivity contribution >= 4 is 35.3 Å². The first-order valence-corrected chi connectivity index (χ1v) is 10.2. The molecular weight excluding hydrogens is 447 g/mol. The van der Waals surface area contributed by atoms with Gasteiger partial charge in [0, 0.05) is 0 Å². The largest absolute Gasteiger partial charge is 3.00 e. The standard InChI is InChI=1S/3C9H10O2.Al/c3*1-6-3-7(2)5-8(4-6)9(10)11;/h3*3-5H,1-2H3,(H,10,11);/q;;;+3/p-3. The fraction of sp³-hybridized carbons (Fsp3) is 0.222. The molecule has 3 aromatic rings. The molecular formula is C27H27AlO6. The molecule has 0 N–H and O–H groups in total. The van der Waals surface area contributed by atoms with Gasteiger partial charge in [-0.1, -0.05) is 88.0 Å². The second kappa shape index (κ2) is 14.0. The Morgan fingerprint density at radius 2 is 0.559 bits per heavy atom. The van der Waals surface area contributed by atoms with Crippen molar-refractivity contribution in [3.05, 3.63) is 105 Å². The fourth-order valence-corrected chi connectivity index (χ4v) is 3.28. The molecule has 0 radical (unpaired) electrons. The van der Waals surface area contributed by atoms with Gasteiger partial charge in [-0.15, -0.1) is 0 Å². The minimum absolute atomic E-state index is 0. The van der Waals surface area contributed by atoms with Crippen LogP contribution in [0.2, 0.25) is 0 Å². The van der Waals surface area contributed by atoms with E-state index in [1.165, 1.54) is 0 Å². The smallest absolute Gasteiger partial charge is 0.545 e. The van der Waals surface area contributed by atoms with Crippen molar-refractivity contribution in [1.29, 1.82) is 0 Å². The van der Waals surface area contributed by atoms with Crippen LogP contribution in [0, 0.1) is 41.5 Å². The first kappa shape index (κ1) is 30.6. The molecule has 174 valence electrons. The van der Waals surface area contributed by atoms with Crippen LogP contribution in [0.1, 0.15) is 64.5 Å². The molecule has 0 fully saturated rings. The van der Waals surface area contributed by atoms with Crippen LogP contribution in [0.3, 0.4) is 0 Å². The summed E-state index contributed by atoms with van der Waals surface area (Å²) >= 11 is 0. The van der Waals surface area contributed by atoms with Gasteiger partial charge in [0.25, 0.3) is 0 Å². The third-order valence-corrected chi connectivity index (χ3v) is 4.37. The van der Waals surface area contributed by atoms with E-state index < -0.39 is 17.9 Å². The molecule has 0 aliphatic heterocycles. The van der Waals surface area contributed by atoms with Crippen molar-refractivity contribution in [2.45, 2.75) is 41.5 Å². The number of hydrogen-bond donors (Lipinski definition) is 0. The van der Waals surface area contributed by atoms with E-state index in [0.29, 0.717) is 0 Å². The summed E-state index contributed by atoms with van der Waals surface area (Å²) < 4.78 is 0. The molecule has 0 saturated carbocycles. The first-order valence-electron chi connectivity index (χ1n) is 10.2. The normalized spacial score (nSPS) is 9.35. The van der Waals surface area contributed by atoms with E-state index in [1.807, 2.05) is 59.7 Å². The summed E-state index contributed by atoms with van der Waals surface area (Å²) in [7, 11) is 0. The molecule has 0 aromatic heterocycles. The van der Waals surface area contributed by atoms with Crippen LogP contribution in [0.25, 0.3) is 0 Å². The molecule has 6 nitrogen and oxygen atoms in total. The molecule has 0 atom stereocenters. The van der Waals surface area contributed by atoms with E-state index in [0.717, 1.165) is 33.4 Å². The van der Waals surface area contributed by atoms with Gasteiger partial charge in [-0.2, -0.15) is 0 Å². The van der Waals surface area contributed by atoms with E-state index in [4.69, 9.17) is 0 Å². The van der Waals surface area contributed by atoms with Crippen molar-refractivity contribution in [2.24, 2.45) is 0 Å². The topological polar surface area (TPSA) is 120 Å². The second-order valence-electron chi connectivity index (χ2n) is 7.99. The molecule has 7 heteroatoms. The minimum atomic E-state index is -1.11. The first-order chi connectivity index (χ1) is 15.3. The summed E-state index contributed by atoms with van der Waals surface area (Å²) in [6, 6.07) is 15.4. The van der Waals surface area contributed by atoms with Gasteiger partial charge in [-0.05, 0) is 58.2 Å². The molecule has 3 rings (SSSR count). The van der Waals surface area contributed by atoms with Gasteiger partial charge in [0.05, 0.1) is 17.9 Å². The quantitative estimate of drug-likeness (QED) is 0.532. The number of carbonyl (C=O) groups is 3. The fourth-order valence-electron chi connectivity index (χ4n) is 3.28. The molecule has 0 unspecified atom stereocenters. The molecule has 0 spiro atoms. The SMILES string of the molecule is Cc1cc(C)cc(C(=O)[O-])c1.Cc1cc(C)cc(C(=O)[O-])c1.Cc1cc(C)cc(C(=O)[O-])c1.[Al+3]. The zero-order valence-corrected chi connectivity index (χ0v) is 21.4. The van der Waals surface area contributed by atoms with Crippen LogP contribution in [0.5, 0.6) is 0 Å². The average Bonchev–Trinajstić information content (AvgIpc) is 2.66. The van der Waals surface area contributed by atoms with E-state index in [2.05, 4.69) is 0 Å². The monoisotopic (exact) mass is 474 g/mol. The van der Waals surface area contributed by atoms with E-state index in [1.54, 1.807) is 36.4 Å². The Morgan fingerprint density at radius 1 is 0.412 bits per heavy atom. The average molecular weight is 474 g/mol. The van der Waals surface area contributed by atoms with Gasteiger partial charge in [0.2, 0.25) is 0 Å². The number of benzene rings is 3. The van der Waals surface area contributed by atoms with Gasteiger partial charge in [0.15, 0.2) is 0 Å². The number of aromatic carboxylic acids is 3. The summed E-state index contributed by atoms with van der Waals surface area (Å²) in [5.41, 5.74) is 6.45. The third-order valence-electron chi connectivity index (χ3n) is 4.37. The summed E-state index contributed by atoms with van der Waals surface area (Å²) in [4.78, 5) is 31.2. The zero-order valence-electron chi connectivity index (χ0n) is 20.2. The number of rotatable bonds is 3. The summed E-state index contributed by atoms with van der Waals surface area (Å²) in [6.07, 6.45) is 0. The minimum Gasteiger partial charge on any atom is -0.545 e. The molecule has 34 heavy (non-hydrogen) atoms. The number of carboxylic acids is 3. The molecule has 3 aromatic carbocycles. The molecule has 0 amide bonds. The Bertz CT molecular complexity index is 961. The molecule has 0 bridgehead atoms. The summed E-state index contributed by atoms with van der Waals surface area (Å²) in [5.74, 6) is -3.34. The second-order valence-corrected chi connectivity index (χ2v) is 7.99. The maximum atomic E-state index is 10.4. The van der Waals surface area contributed by atoms with Crippen molar-refractivity contribution < 1.29 is 29.7 Å². The predicted molar refractivity (Wildman–Crippen MR) is 126 cm³/mol. The Morgan fingerprint density at radius 3 is 0.676 bits per heavy atom. The molecule has 0 aliphatic carbocycles. The predicted octanol–water partition coefficient (Wildman–Crippen LogP) is 1.62. The molecule has 0 heterocycles. The zero-order chi connectivity index (χ0) is 25.3. The van der Waals surface area contributed by atoms with Crippen molar-refractivity contribution in [3.8, 4) is 0 Å². The van der Waals surface area contributed by atoms with Crippen molar-refractivity contribution in [2.75, 3.05) is 0 Å². The van der Waals surface area contributed by atoms with Crippen LogP contribution in [-0.4, -0.2) is 35.3 Å². The van der Waals surface area contributed by atoms with Crippen molar-refractivity contribution in [1.82, 2.24) is 0 Å². The number of hydrogen-bond acceptors (Lipinski definition) is 6. The van der Waals surface area contributed by atoms with Crippen LogP contribution in [-0.2, 0) is 0 Å². The third kappa shape index (κ3) is 11.0. The maximum absolute atomic E-state index is 10.4. The van der Waals surface area contributed by atoms with E-state index in [-0.39, 0.29) is 34.1 Å². The Kier molecular flexibility index (Phi) is 12.6. The van der Waals surface area contributed by atoms with Crippen LogP contribution in [0.15, 0.2) is 54.6 Å². The van der Waals surface area contributed by atoms with Gasteiger partial charge < -0.3 is 29.7 Å². The van der Waals surface area contributed by atoms with Crippen LogP contribution < -0.4 is 15.3 Å². The number of carboxylic acid groups (broad SMARTS) is 3. The maximum Gasteiger partial charge on any atom is 3.00 e. The Hall–Kier alpha value is -3.40. The van der Waals surface area contributed by atoms with E-state index in [9.17, 15) is 29.7 Å². The summed E-state index contributed by atoms with van der Waals surface area (Å²) in [5, 5.41) is 31.2. The van der Waals surface area contributed by atoms with Crippen molar-refractivity contribution in [3.63, 3.8) is 0 Å². The number of aryl methyl sites for hydroxylation is 6. The Labute approximate surface area is 211 Å². The van der Waals surface area contributed by atoms with Crippen LogP contribution >= 0.6 is 0 Å². The summed E-state index contributed by atoms with van der Waals surface area (Å²) in [6.45, 7) is 11.2. The molecule has 0 saturated heterocycles.